The van der Waals surface area contributed by atoms with Gasteiger partial charge in [-0.25, -0.2) is 13.4 Å². The van der Waals surface area contributed by atoms with E-state index in [1.54, 1.807) is 23.5 Å². The van der Waals surface area contributed by atoms with E-state index in [1.807, 2.05) is 23.7 Å². The van der Waals surface area contributed by atoms with E-state index in [4.69, 9.17) is 0 Å². The van der Waals surface area contributed by atoms with E-state index in [-0.39, 0.29) is 0 Å². The van der Waals surface area contributed by atoms with E-state index < -0.39 is 9.84 Å². The van der Waals surface area contributed by atoms with Crippen LogP contribution in [0.15, 0.2) is 40.7 Å². The minimum Gasteiger partial charge on any atom is -0.298 e. The van der Waals surface area contributed by atoms with Crippen molar-refractivity contribution in [1.82, 2.24) is 9.88 Å². The topological polar surface area (TPSA) is 50.3 Å². The van der Waals surface area contributed by atoms with Crippen LogP contribution in [0.25, 0.3) is 0 Å². The van der Waals surface area contributed by atoms with Crippen LogP contribution in [-0.4, -0.2) is 37.6 Å². The van der Waals surface area contributed by atoms with Gasteiger partial charge in [-0.1, -0.05) is 12.1 Å². The quantitative estimate of drug-likeness (QED) is 0.861. The molecule has 6 heteroatoms. The molecular formula is C16H20N2O2S2. The van der Waals surface area contributed by atoms with Crippen molar-refractivity contribution in [2.45, 2.75) is 30.2 Å². The van der Waals surface area contributed by atoms with E-state index >= 15 is 0 Å². The van der Waals surface area contributed by atoms with Crippen LogP contribution in [0.1, 0.15) is 29.3 Å². The predicted octanol–water partition coefficient (Wildman–Crippen LogP) is 2.93. The highest BCUT2D eigenvalue weighted by Gasteiger charge is 2.23. The molecule has 0 unspecified atom stereocenters. The van der Waals surface area contributed by atoms with Crippen molar-refractivity contribution >= 4 is 21.2 Å². The summed E-state index contributed by atoms with van der Waals surface area (Å²) in [6, 6.07) is 7.24. The van der Waals surface area contributed by atoms with Gasteiger partial charge in [0.25, 0.3) is 0 Å². The zero-order valence-corrected chi connectivity index (χ0v) is 14.2. The lowest BCUT2D eigenvalue weighted by molar-refractivity contribution is 0.200. The Balaban J connectivity index is 1.65. The number of aromatic nitrogens is 1. The average Bonchev–Trinajstić information content (AvgIpc) is 3.01. The molecule has 118 valence electrons. The number of benzene rings is 1. The molecule has 1 aromatic heterocycles. The molecule has 0 bridgehead atoms. The fourth-order valence-electron chi connectivity index (χ4n) is 2.94. The van der Waals surface area contributed by atoms with Gasteiger partial charge in [0, 0.05) is 36.8 Å². The molecular weight excluding hydrogens is 316 g/mol. The summed E-state index contributed by atoms with van der Waals surface area (Å²) in [6.45, 7) is 2.99. The second kappa shape index (κ2) is 6.48. The second-order valence-corrected chi connectivity index (χ2v) is 8.80. The highest BCUT2D eigenvalue weighted by Crippen LogP contribution is 2.29. The summed E-state index contributed by atoms with van der Waals surface area (Å²) in [5.41, 5.74) is 1.16. The van der Waals surface area contributed by atoms with Crippen molar-refractivity contribution in [2.24, 2.45) is 0 Å². The zero-order chi connectivity index (χ0) is 15.6. The molecule has 2 heterocycles. The Morgan fingerprint density at radius 3 is 2.73 bits per heavy atom. The molecule has 1 aromatic carbocycles. The third-order valence-corrected chi connectivity index (χ3v) is 6.13. The van der Waals surface area contributed by atoms with Crippen molar-refractivity contribution in [3.8, 4) is 0 Å². The molecule has 2 aromatic rings. The third-order valence-electron chi connectivity index (χ3n) is 4.06. The average molecular weight is 336 g/mol. The Hall–Kier alpha value is -1.24. The summed E-state index contributed by atoms with van der Waals surface area (Å²) in [7, 11) is -3.11. The SMILES string of the molecule is CS(=O)(=O)c1ccc(CN2CCC[C@H](c3nccs3)C2)cc1. The number of hydrogen-bond donors (Lipinski definition) is 0. The number of piperidine rings is 1. The van der Waals surface area contributed by atoms with Crippen LogP contribution in [0.4, 0.5) is 0 Å². The maximum absolute atomic E-state index is 11.5. The highest BCUT2D eigenvalue weighted by molar-refractivity contribution is 7.90. The van der Waals surface area contributed by atoms with Gasteiger partial charge in [0.2, 0.25) is 0 Å². The Labute approximate surface area is 135 Å². The first kappa shape index (κ1) is 15.6. The summed E-state index contributed by atoms with van der Waals surface area (Å²) >= 11 is 1.74. The largest absolute Gasteiger partial charge is 0.298 e. The van der Waals surface area contributed by atoms with E-state index in [2.05, 4.69) is 9.88 Å². The number of thiazole rings is 1. The molecule has 1 fully saturated rings. The number of nitrogens with zero attached hydrogens (tertiary/aromatic N) is 2. The zero-order valence-electron chi connectivity index (χ0n) is 12.6. The van der Waals surface area contributed by atoms with Crippen LogP contribution in [0.3, 0.4) is 0 Å². The normalized spacial score (nSPS) is 20.1. The summed E-state index contributed by atoms with van der Waals surface area (Å²) in [6.07, 6.45) is 5.51. The van der Waals surface area contributed by atoms with Gasteiger partial charge >= 0.3 is 0 Å². The van der Waals surface area contributed by atoms with Gasteiger partial charge < -0.3 is 0 Å². The minimum absolute atomic E-state index is 0.385. The molecule has 0 amide bonds. The van der Waals surface area contributed by atoms with Crippen LogP contribution >= 0.6 is 11.3 Å². The first-order chi connectivity index (χ1) is 10.5. The van der Waals surface area contributed by atoms with Crippen molar-refractivity contribution in [3.63, 3.8) is 0 Å². The molecule has 22 heavy (non-hydrogen) atoms. The molecule has 3 rings (SSSR count). The molecule has 0 radical (unpaired) electrons. The van der Waals surface area contributed by atoms with Crippen LogP contribution < -0.4 is 0 Å². The fourth-order valence-corrected chi connectivity index (χ4v) is 4.34. The van der Waals surface area contributed by atoms with Crippen LogP contribution in [0.2, 0.25) is 0 Å². The number of rotatable bonds is 4. The molecule has 0 aliphatic carbocycles. The predicted molar refractivity (Wildman–Crippen MR) is 88.9 cm³/mol. The molecule has 4 nitrogen and oxygen atoms in total. The van der Waals surface area contributed by atoms with E-state index in [9.17, 15) is 8.42 Å². The van der Waals surface area contributed by atoms with Gasteiger partial charge in [0.15, 0.2) is 9.84 Å². The first-order valence-electron chi connectivity index (χ1n) is 7.43. The standard InChI is InChI=1S/C16H20N2O2S2/c1-22(19,20)15-6-4-13(5-7-15)11-18-9-2-3-14(12-18)16-17-8-10-21-16/h4-8,10,14H,2-3,9,11-12H2,1H3/t14-/m0/s1. The fraction of sp³-hybridized carbons (Fsp3) is 0.438. The minimum atomic E-state index is -3.11. The second-order valence-electron chi connectivity index (χ2n) is 5.86. The van der Waals surface area contributed by atoms with Gasteiger partial charge in [-0.15, -0.1) is 11.3 Å². The van der Waals surface area contributed by atoms with E-state index in [0.29, 0.717) is 10.8 Å². The Morgan fingerprint density at radius 1 is 1.32 bits per heavy atom. The van der Waals surface area contributed by atoms with Crippen LogP contribution in [-0.2, 0) is 16.4 Å². The van der Waals surface area contributed by atoms with Crippen molar-refractivity contribution < 1.29 is 8.42 Å². The Morgan fingerprint density at radius 2 is 2.09 bits per heavy atom. The lowest BCUT2D eigenvalue weighted by Crippen LogP contribution is -2.33. The molecule has 1 saturated heterocycles. The molecule has 0 N–H and O–H groups in total. The molecule has 0 saturated carbocycles. The van der Waals surface area contributed by atoms with Gasteiger partial charge in [-0.3, -0.25) is 4.90 Å². The number of hydrogen-bond acceptors (Lipinski definition) is 5. The van der Waals surface area contributed by atoms with Gasteiger partial charge in [-0.2, -0.15) is 0 Å². The van der Waals surface area contributed by atoms with Crippen molar-refractivity contribution in [1.29, 1.82) is 0 Å². The molecule has 1 atom stereocenters. The maximum atomic E-state index is 11.5. The van der Waals surface area contributed by atoms with Crippen LogP contribution in [0.5, 0.6) is 0 Å². The number of likely N-dealkylation sites (tertiary alicyclic amines) is 1. The van der Waals surface area contributed by atoms with Crippen LogP contribution in [0, 0.1) is 0 Å². The van der Waals surface area contributed by atoms with E-state index in [1.165, 1.54) is 24.1 Å². The molecule has 1 aliphatic heterocycles. The summed E-state index contributed by atoms with van der Waals surface area (Å²) in [4.78, 5) is 7.27. The lowest BCUT2D eigenvalue weighted by atomic mass is 9.98. The summed E-state index contributed by atoms with van der Waals surface area (Å²) in [5, 5.41) is 3.27. The molecule has 1 aliphatic rings. The third kappa shape index (κ3) is 3.74. The summed E-state index contributed by atoms with van der Waals surface area (Å²) < 4.78 is 23.0. The first-order valence-corrected chi connectivity index (χ1v) is 10.2. The summed E-state index contributed by atoms with van der Waals surface area (Å²) in [5.74, 6) is 0.532. The number of sulfone groups is 1. The van der Waals surface area contributed by atoms with Gasteiger partial charge in [-0.05, 0) is 37.1 Å². The van der Waals surface area contributed by atoms with Gasteiger partial charge in [0.05, 0.1) is 9.90 Å². The maximum Gasteiger partial charge on any atom is 0.175 e. The van der Waals surface area contributed by atoms with Crippen molar-refractivity contribution in [3.05, 3.63) is 46.4 Å². The Bertz CT molecular complexity index is 709. The lowest BCUT2D eigenvalue weighted by Gasteiger charge is -2.31. The Kier molecular flexibility index (Phi) is 4.61. The smallest absolute Gasteiger partial charge is 0.175 e. The van der Waals surface area contributed by atoms with Gasteiger partial charge in [0.1, 0.15) is 0 Å². The molecule has 0 spiro atoms. The monoisotopic (exact) mass is 336 g/mol. The van der Waals surface area contributed by atoms with Crippen molar-refractivity contribution in [2.75, 3.05) is 19.3 Å². The van der Waals surface area contributed by atoms with E-state index in [0.717, 1.165) is 25.2 Å². The highest BCUT2D eigenvalue weighted by atomic mass is 32.2.